The average molecular weight is 314 g/mol. The molecule has 0 saturated carbocycles. The molecule has 1 aromatic heterocycles. The number of sulfonamides is 1. The van der Waals surface area contributed by atoms with Crippen molar-refractivity contribution < 1.29 is 12.8 Å². The molecule has 0 amide bonds. The fourth-order valence-corrected chi connectivity index (χ4v) is 4.36. The second-order valence-electron chi connectivity index (χ2n) is 4.36. The molecule has 0 saturated heterocycles. The van der Waals surface area contributed by atoms with Gasteiger partial charge in [0, 0.05) is 11.4 Å². The van der Waals surface area contributed by atoms with Gasteiger partial charge in [-0.25, -0.2) is 12.8 Å². The van der Waals surface area contributed by atoms with E-state index in [2.05, 4.69) is 10.0 Å². The summed E-state index contributed by atoms with van der Waals surface area (Å²) >= 11 is 1.36. The van der Waals surface area contributed by atoms with Crippen molar-refractivity contribution in [1.82, 2.24) is 5.32 Å². The Balaban J connectivity index is 2.33. The molecule has 2 aromatic rings. The van der Waals surface area contributed by atoms with Gasteiger partial charge >= 0.3 is 0 Å². The van der Waals surface area contributed by atoms with Crippen LogP contribution >= 0.6 is 11.3 Å². The van der Waals surface area contributed by atoms with E-state index in [0.29, 0.717) is 17.0 Å². The molecule has 0 radical (unpaired) electrons. The normalized spacial score (nSPS) is 11.6. The Morgan fingerprint density at radius 2 is 2.05 bits per heavy atom. The van der Waals surface area contributed by atoms with Gasteiger partial charge in [0.05, 0.1) is 5.69 Å². The zero-order valence-electron chi connectivity index (χ0n) is 11.1. The second kappa shape index (κ2) is 5.90. The Labute approximate surface area is 121 Å². The Kier molecular flexibility index (Phi) is 4.42. The minimum Gasteiger partial charge on any atom is -0.315 e. The van der Waals surface area contributed by atoms with Gasteiger partial charge in [0.1, 0.15) is 10.7 Å². The minimum absolute atomic E-state index is 0.221. The third-order valence-electron chi connectivity index (χ3n) is 2.63. The smallest absolute Gasteiger partial charge is 0.263 e. The molecular formula is C13H15FN2O2S2. The maximum Gasteiger partial charge on any atom is 0.263 e. The summed E-state index contributed by atoms with van der Waals surface area (Å²) in [6.45, 7) is 2.17. The van der Waals surface area contributed by atoms with E-state index >= 15 is 0 Å². The highest BCUT2D eigenvalue weighted by Crippen LogP contribution is 2.25. The van der Waals surface area contributed by atoms with E-state index in [1.165, 1.54) is 17.4 Å². The molecule has 0 aliphatic carbocycles. The number of anilines is 1. The lowest BCUT2D eigenvalue weighted by molar-refractivity contribution is 0.600. The molecule has 1 heterocycles. The van der Waals surface area contributed by atoms with Crippen LogP contribution in [0.1, 0.15) is 10.4 Å². The second-order valence-corrected chi connectivity index (χ2v) is 7.01. The largest absolute Gasteiger partial charge is 0.315 e. The summed E-state index contributed by atoms with van der Waals surface area (Å²) in [5.41, 5.74) is 0.882. The summed E-state index contributed by atoms with van der Waals surface area (Å²) < 4.78 is 40.4. The first-order valence-electron chi connectivity index (χ1n) is 5.93. The van der Waals surface area contributed by atoms with E-state index in [1.54, 1.807) is 31.5 Å². The van der Waals surface area contributed by atoms with Crippen LogP contribution in [0, 0.1) is 12.7 Å². The maximum atomic E-state index is 13.3. The number of nitrogens with one attached hydrogen (secondary N) is 2. The lowest BCUT2D eigenvalue weighted by Crippen LogP contribution is -2.15. The van der Waals surface area contributed by atoms with Crippen LogP contribution in [0.4, 0.5) is 10.1 Å². The fourth-order valence-electron chi connectivity index (χ4n) is 1.86. The molecule has 0 aliphatic rings. The molecular weight excluding hydrogens is 299 g/mol. The zero-order valence-corrected chi connectivity index (χ0v) is 12.7. The van der Waals surface area contributed by atoms with Crippen molar-refractivity contribution in [2.24, 2.45) is 0 Å². The van der Waals surface area contributed by atoms with Gasteiger partial charge in [0.25, 0.3) is 10.0 Å². The van der Waals surface area contributed by atoms with Crippen molar-refractivity contribution >= 4 is 27.0 Å². The third-order valence-corrected chi connectivity index (χ3v) is 5.14. The van der Waals surface area contributed by atoms with E-state index in [1.807, 2.05) is 0 Å². The van der Waals surface area contributed by atoms with Crippen LogP contribution in [0.15, 0.2) is 34.5 Å². The highest BCUT2D eigenvalue weighted by molar-refractivity contribution is 7.93. The predicted octanol–water partition coefficient (Wildman–Crippen LogP) is 2.72. The van der Waals surface area contributed by atoms with Gasteiger partial charge in [-0.3, -0.25) is 4.72 Å². The monoisotopic (exact) mass is 314 g/mol. The lowest BCUT2D eigenvalue weighted by atomic mass is 10.2. The molecule has 0 spiro atoms. The van der Waals surface area contributed by atoms with Crippen LogP contribution in [0.2, 0.25) is 0 Å². The fraction of sp³-hybridized carbons (Fsp3) is 0.231. The summed E-state index contributed by atoms with van der Waals surface area (Å²) in [7, 11) is -1.95. The van der Waals surface area contributed by atoms with Crippen LogP contribution in [0.3, 0.4) is 0 Å². The molecule has 0 atom stereocenters. The van der Waals surface area contributed by atoms with Crippen molar-refractivity contribution in [3.63, 3.8) is 0 Å². The van der Waals surface area contributed by atoms with E-state index in [0.717, 1.165) is 6.07 Å². The number of benzene rings is 1. The van der Waals surface area contributed by atoms with Crippen molar-refractivity contribution in [2.45, 2.75) is 18.4 Å². The number of thiophene rings is 1. The number of aryl methyl sites for hydroxylation is 1. The van der Waals surface area contributed by atoms with Crippen molar-refractivity contribution in [1.29, 1.82) is 0 Å². The molecule has 1 aromatic carbocycles. The van der Waals surface area contributed by atoms with Crippen LogP contribution in [0.25, 0.3) is 0 Å². The number of halogens is 1. The van der Waals surface area contributed by atoms with Crippen LogP contribution in [0.5, 0.6) is 0 Å². The van der Waals surface area contributed by atoms with E-state index in [4.69, 9.17) is 0 Å². The SMILES string of the molecule is CNCc1sccc1S(=O)(=O)Nc1cc(C)cc(F)c1. The number of hydrogen-bond acceptors (Lipinski definition) is 4. The average Bonchev–Trinajstić information content (AvgIpc) is 2.76. The minimum atomic E-state index is -3.70. The van der Waals surface area contributed by atoms with Gasteiger partial charge in [-0.2, -0.15) is 0 Å². The van der Waals surface area contributed by atoms with Crippen molar-refractivity contribution in [3.05, 3.63) is 45.9 Å². The van der Waals surface area contributed by atoms with Crippen molar-refractivity contribution in [3.8, 4) is 0 Å². The van der Waals surface area contributed by atoms with Crippen LogP contribution in [-0.4, -0.2) is 15.5 Å². The summed E-state index contributed by atoms with van der Waals surface area (Å²) in [5.74, 6) is -0.469. The summed E-state index contributed by atoms with van der Waals surface area (Å²) in [4.78, 5) is 0.937. The molecule has 20 heavy (non-hydrogen) atoms. The van der Waals surface area contributed by atoms with Gasteiger partial charge in [-0.15, -0.1) is 11.3 Å². The first kappa shape index (κ1) is 15.0. The Bertz CT molecular complexity index is 691. The quantitative estimate of drug-likeness (QED) is 0.892. The molecule has 2 rings (SSSR count). The Hall–Kier alpha value is -1.44. The van der Waals surface area contributed by atoms with E-state index < -0.39 is 15.8 Å². The topological polar surface area (TPSA) is 58.2 Å². The molecule has 4 nitrogen and oxygen atoms in total. The van der Waals surface area contributed by atoms with Crippen LogP contribution in [-0.2, 0) is 16.6 Å². The molecule has 7 heteroatoms. The first-order valence-corrected chi connectivity index (χ1v) is 8.29. The molecule has 0 unspecified atom stereocenters. The van der Waals surface area contributed by atoms with Gasteiger partial charge in [-0.1, -0.05) is 0 Å². The summed E-state index contributed by atoms with van der Waals surface area (Å²) in [5, 5.41) is 4.64. The molecule has 0 bridgehead atoms. The number of hydrogen-bond donors (Lipinski definition) is 2. The standard InChI is InChI=1S/C13H15FN2O2S2/c1-9-5-10(14)7-11(6-9)16-20(17,18)13-3-4-19-12(13)8-15-2/h3-7,15-16H,8H2,1-2H3. The summed E-state index contributed by atoms with van der Waals surface area (Å²) in [6.07, 6.45) is 0. The molecule has 0 fully saturated rings. The van der Waals surface area contributed by atoms with E-state index in [9.17, 15) is 12.8 Å². The Morgan fingerprint density at radius 1 is 1.30 bits per heavy atom. The van der Waals surface area contributed by atoms with Gasteiger partial charge in [0.15, 0.2) is 0 Å². The van der Waals surface area contributed by atoms with E-state index in [-0.39, 0.29) is 10.6 Å². The molecule has 0 aliphatic heterocycles. The first-order chi connectivity index (χ1) is 9.42. The van der Waals surface area contributed by atoms with Gasteiger partial charge < -0.3 is 5.32 Å². The Morgan fingerprint density at radius 3 is 2.70 bits per heavy atom. The highest BCUT2D eigenvalue weighted by atomic mass is 32.2. The van der Waals surface area contributed by atoms with Crippen molar-refractivity contribution in [2.75, 3.05) is 11.8 Å². The number of rotatable bonds is 5. The summed E-state index contributed by atoms with van der Waals surface area (Å²) in [6, 6.07) is 5.64. The van der Waals surface area contributed by atoms with Gasteiger partial charge in [0.2, 0.25) is 0 Å². The molecule has 108 valence electrons. The maximum absolute atomic E-state index is 13.3. The third kappa shape index (κ3) is 3.36. The highest BCUT2D eigenvalue weighted by Gasteiger charge is 2.19. The van der Waals surface area contributed by atoms with Crippen LogP contribution < -0.4 is 10.0 Å². The zero-order chi connectivity index (χ0) is 14.8. The predicted molar refractivity (Wildman–Crippen MR) is 79.0 cm³/mol. The van der Waals surface area contributed by atoms with Gasteiger partial charge in [-0.05, 0) is 49.2 Å². The lowest BCUT2D eigenvalue weighted by Gasteiger charge is -2.09. The molecule has 2 N–H and O–H groups in total.